The Morgan fingerprint density at radius 1 is 1.16 bits per heavy atom. The van der Waals surface area contributed by atoms with Crippen LogP contribution in [0.2, 0.25) is 0 Å². The Bertz CT molecular complexity index is 1010. The van der Waals surface area contributed by atoms with E-state index in [0.717, 1.165) is 29.0 Å². The smallest absolute Gasteiger partial charge is 0.236 e. The third kappa shape index (κ3) is 6.42. The van der Waals surface area contributed by atoms with E-state index in [2.05, 4.69) is 12.2 Å². The highest BCUT2D eigenvalue weighted by Gasteiger charge is 2.30. The molecule has 0 bridgehead atoms. The van der Waals surface area contributed by atoms with Gasteiger partial charge in [-0.1, -0.05) is 37.3 Å². The summed E-state index contributed by atoms with van der Waals surface area (Å²) in [5.74, 6) is 0.515. The Kier molecular flexibility index (Phi) is 7.87. The van der Waals surface area contributed by atoms with Gasteiger partial charge in [-0.05, 0) is 61.6 Å². The molecule has 1 heterocycles. The Balaban J connectivity index is 1.54. The SMILES string of the molecule is CCCOc1ccc(NC(=O)C2CCN(S(=O)(=O)/C=C/c3ccccc3)CC2)c(C)c1. The molecule has 0 radical (unpaired) electrons. The van der Waals surface area contributed by atoms with E-state index in [-0.39, 0.29) is 11.8 Å². The van der Waals surface area contributed by atoms with E-state index >= 15 is 0 Å². The normalized spacial score (nSPS) is 15.8. The van der Waals surface area contributed by atoms with Crippen LogP contribution in [0.5, 0.6) is 5.75 Å². The summed E-state index contributed by atoms with van der Waals surface area (Å²) in [6, 6.07) is 14.9. The number of nitrogens with one attached hydrogen (secondary N) is 1. The van der Waals surface area contributed by atoms with Crippen LogP contribution in [0.4, 0.5) is 5.69 Å². The maximum absolute atomic E-state index is 12.7. The lowest BCUT2D eigenvalue weighted by atomic mass is 9.97. The zero-order valence-electron chi connectivity index (χ0n) is 18.1. The van der Waals surface area contributed by atoms with Gasteiger partial charge < -0.3 is 10.1 Å². The van der Waals surface area contributed by atoms with Crippen molar-refractivity contribution in [3.63, 3.8) is 0 Å². The van der Waals surface area contributed by atoms with Gasteiger partial charge in [0.1, 0.15) is 5.75 Å². The molecular weight excluding hydrogens is 412 g/mol. The van der Waals surface area contributed by atoms with Crippen LogP contribution in [0.15, 0.2) is 53.9 Å². The van der Waals surface area contributed by atoms with Gasteiger partial charge in [0.15, 0.2) is 0 Å². The number of carbonyl (C=O) groups excluding carboxylic acids is 1. The summed E-state index contributed by atoms with van der Waals surface area (Å²) in [5, 5.41) is 4.23. The molecule has 1 saturated heterocycles. The molecule has 0 saturated carbocycles. The van der Waals surface area contributed by atoms with Gasteiger partial charge in [0, 0.05) is 30.1 Å². The standard InChI is InChI=1S/C24H30N2O4S/c1-3-16-30-22-9-10-23(19(2)18-22)25-24(27)21-11-14-26(15-12-21)31(28,29)17-13-20-7-5-4-6-8-20/h4-10,13,17-18,21H,3,11-12,14-16H2,1-2H3,(H,25,27)/b17-13+. The first-order valence-electron chi connectivity index (χ1n) is 10.7. The van der Waals surface area contributed by atoms with Gasteiger partial charge in [-0.2, -0.15) is 4.31 Å². The number of sulfonamides is 1. The number of aryl methyl sites for hydroxylation is 1. The summed E-state index contributed by atoms with van der Waals surface area (Å²) < 4.78 is 32.3. The maximum atomic E-state index is 12.7. The molecule has 6 nitrogen and oxygen atoms in total. The summed E-state index contributed by atoms with van der Waals surface area (Å²) in [4.78, 5) is 12.7. The molecule has 0 atom stereocenters. The summed E-state index contributed by atoms with van der Waals surface area (Å²) in [7, 11) is -3.50. The lowest BCUT2D eigenvalue weighted by Crippen LogP contribution is -2.40. The highest BCUT2D eigenvalue weighted by molar-refractivity contribution is 7.92. The molecule has 1 N–H and O–H groups in total. The molecule has 1 aliphatic heterocycles. The van der Waals surface area contributed by atoms with Crippen molar-refractivity contribution in [3.05, 3.63) is 65.1 Å². The van der Waals surface area contributed by atoms with Gasteiger partial charge in [0.05, 0.1) is 6.61 Å². The average Bonchev–Trinajstić information content (AvgIpc) is 2.78. The number of piperidine rings is 1. The molecule has 0 unspecified atom stereocenters. The van der Waals surface area contributed by atoms with Crippen LogP contribution >= 0.6 is 0 Å². The Morgan fingerprint density at radius 3 is 2.52 bits per heavy atom. The fourth-order valence-electron chi connectivity index (χ4n) is 3.51. The molecule has 1 aliphatic rings. The molecule has 166 valence electrons. The van der Waals surface area contributed by atoms with Crippen molar-refractivity contribution in [2.75, 3.05) is 25.0 Å². The van der Waals surface area contributed by atoms with Gasteiger partial charge in [0.25, 0.3) is 0 Å². The van der Waals surface area contributed by atoms with E-state index < -0.39 is 10.0 Å². The van der Waals surface area contributed by atoms with Gasteiger partial charge >= 0.3 is 0 Å². The number of rotatable bonds is 8. The van der Waals surface area contributed by atoms with Crippen molar-refractivity contribution in [3.8, 4) is 5.75 Å². The molecule has 2 aromatic rings. The van der Waals surface area contributed by atoms with Crippen LogP contribution in [0, 0.1) is 12.8 Å². The van der Waals surface area contributed by atoms with E-state index in [4.69, 9.17) is 4.74 Å². The van der Waals surface area contributed by atoms with Crippen LogP contribution in [0.1, 0.15) is 37.3 Å². The highest BCUT2D eigenvalue weighted by atomic mass is 32.2. The molecule has 0 spiro atoms. The monoisotopic (exact) mass is 442 g/mol. The van der Waals surface area contributed by atoms with E-state index in [9.17, 15) is 13.2 Å². The Labute approximate surface area is 185 Å². The fraction of sp³-hybridized carbons (Fsp3) is 0.375. The molecule has 1 amide bonds. The fourth-order valence-corrected chi connectivity index (χ4v) is 4.73. The molecule has 31 heavy (non-hydrogen) atoms. The number of hydrogen-bond donors (Lipinski definition) is 1. The number of anilines is 1. The predicted molar refractivity (Wildman–Crippen MR) is 124 cm³/mol. The average molecular weight is 443 g/mol. The van der Waals surface area contributed by atoms with Crippen LogP contribution in [-0.2, 0) is 14.8 Å². The zero-order valence-corrected chi connectivity index (χ0v) is 18.9. The number of ether oxygens (including phenoxy) is 1. The molecule has 1 fully saturated rings. The molecule has 7 heteroatoms. The minimum Gasteiger partial charge on any atom is -0.494 e. The largest absolute Gasteiger partial charge is 0.494 e. The van der Waals surface area contributed by atoms with Gasteiger partial charge in [-0.15, -0.1) is 0 Å². The minimum absolute atomic E-state index is 0.0674. The van der Waals surface area contributed by atoms with E-state index in [1.165, 1.54) is 9.71 Å². The third-order valence-electron chi connectivity index (χ3n) is 5.35. The van der Waals surface area contributed by atoms with Crippen LogP contribution in [0.25, 0.3) is 6.08 Å². The Hall–Kier alpha value is -2.64. The number of carbonyl (C=O) groups is 1. The van der Waals surface area contributed by atoms with Gasteiger partial charge in [0.2, 0.25) is 15.9 Å². The minimum atomic E-state index is -3.50. The lowest BCUT2D eigenvalue weighted by Gasteiger charge is -2.29. The predicted octanol–water partition coefficient (Wildman–Crippen LogP) is 4.44. The van der Waals surface area contributed by atoms with Crippen molar-refractivity contribution in [2.24, 2.45) is 5.92 Å². The van der Waals surface area contributed by atoms with Crippen molar-refractivity contribution in [2.45, 2.75) is 33.1 Å². The van der Waals surface area contributed by atoms with Crippen molar-refractivity contribution in [1.29, 1.82) is 0 Å². The van der Waals surface area contributed by atoms with Crippen molar-refractivity contribution >= 4 is 27.7 Å². The lowest BCUT2D eigenvalue weighted by molar-refractivity contribution is -0.120. The third-order valence-corrected chi connectivity index (χ3v) is 6.91. The van der Waals surface area contributed by atoms with Crippen molar-refractivity contribution in [1.82, 2.24) is 4.31 Å². The second-order valence-corrected chi connectivity index (χ2v) is 9.56. The van der Waals surface area contributed by atoms with Crippen LogP contribution in [0.3, 0.4) is 0 Å². The molecule has 0 aromatic heterocycles. The second-order valence-electron chi connectivity index (χ2n) is 7.75. The first kappa shape index (κ1) is 23.0. The van der Waals surface area contributed by atoms with Crippen molar-refractivity contribution < 1.29 is 17.9 Å². The summed E-state index contributed by atoms with van der Waals surface area (Å²) in [6.45, 7) is 5.32. The van der Waals surface area contributed by atoms with Gasteiger partial charge in [-0.3, -0.25) is 4.79 Å². The first-order valence-corrected chi connectivity index (χ1v) is 12.2. The molecule has 2 aromatic carbocycles. The molecule has 3 rings (SSSR count). The second kappa shape index (κ2) is 10.6. The Morgan fingerprint density at radius 2 is 1.87 bits per heavy atom. The molecule has 0 aliphatic carbocycles. The zero-order chi connectivity index (χ0) is 22.3. The number of benzene rings is 2. The highest BCUT2D eigenvalue weighted by Crippen LogP contribution is 2.25. The molecular formula is C24H30N2O4S. The van der Waals surface area contributed by atoms with Crippen LogP contribution in [-0.4, -0.2) is 38.3 Å². The summed E-state index contributed by atoms with van der Waals surface area (Å²) >= 11 is 0. The number of amides is 1. The topological polar surface area (TPSA) is 75.7 Å². The first-order chi connectivity index (χ1) is 14.9. The van der Waals surface area contributed by atoms with E-state index in [0.29, 0.717) is 32.5 Å². The van der Waals surface area contributed by atoms with E-state index in [1.807, 2.05) is 55.5 Å². The summed E-state index contributed by atoms with van der Waals surface area (Å²) in [6.07, 6.45) is 3.54. The summed E-state index contributed by atoms with van der Waals surface area (Å²) in [5.41, 5.74) is 2.53. The number of hydrogen-bond acceptors (Lipinski definition) is 4. The van der Waals surface area contributed by atoms with Crippen LogP contribution < -0.4 is 10.1 Å². The number of nitrogens with zero attached hydrogens (tertiary/aromatic N) is 1. The van der Waals surface area contributed by atoms with E-state index in [1.54, 1.807) is 6.08 Å². The van der Waals surface area contributed by atoms with Gasteiger partial charge in [-0.25, -0.2) is 8.42 Å². The maximum Gasteiger partial charge on any atom is 0.236 e. The quantitative estimate of drug-likeness (QED) is 0.656.